The molecule has 0 fully saturated rings. The van der Waals surface area contributed by atoms with E-state index in [0.717, 1.165) is 16.9 Å². The quantitative estimate of drug-likeness (QED) is 0.574. The standard InChI is InChI=1S/C20H25N3O3S2/c1-4-16-13(2)12-17(28-16)20(26)23-22-19(25)15(10-11-27-3)21-18(24)14-8-6-5-7-9-14/h5-9,12,15H,4,10-11H2,1-3H3,(H,21,24)(H,22,25)(H,23,26)/t15-/m0/s1. The molecular weight excluding hydrogens is 394 g/mol. The van der Waals surface area contributed by atoms with E-state index >= 15 is 0 Å². The van der Waals surface area contributed by atoms with Gasteiger partial charge >= 0.3 is 0 Å². The second-order valence-corrected chi connectivity index (χ2v) is 8.31. The monoisotopic (exact) mass is 419 g/mol. The van der Waals surface area contributed by atoms with Gasteiger partial charge < -0.3 is 5.32 Å². The average molecular weight is 420 g/mol. The molecule has 0 saturated carbocycles. The number of hydrogen-bond acceptors (Lipinski definition) is 5. The number of hydrazine groups is 1. The Morgan fingerprint density at radius 2 is 1.82 bits per heavy atom. The topological polar surface area (TPSA) is 87.3 Å². The molecule has 28 heavy (non-hydrogen) atoms. The minimum atomic E-state index is -0.739. The third kappa shape index (κ3) is 6.10. The summed E-state index contributed by atoms with van der Waals surface area (Å²) in [6.07, 6.45) is 3.25. The van der Waals surface area contributed by atoms with Crippen LogP contribution in [-0.4, -0.2) is 35.8 Å². The van der Waals surface area contributed by atoms with Crippen molar-refractivity contribution in [2.75, 3.05) is 12.0 Å². The zero-order valence-electron chi connectivity index (χ0n) is 16.2. The average Bonchev–Trinajstić information content (AvgIpc) is 3.10. The summed E-state index contributed by atoms with van der Waals surface area (Å²) in [6, 6.07) is 9.79. The van der Waals surface area contributed by atoms with Crippen LogP contribution in [0.15, 0.2) is 36.4 Å². The first-order valence-corrected chi connectivity index (χ1v) is 11.2. The van der Waals surface area contributed by atoms with Crippen LogP contribution in [-0.2, 0) is 11.2 Å². The van der Waals surface area contributed by atoms with Crippen LogP contribution in [0, 0.1) is 6.92 Å². The molecule has 2 rings (SSSR count). The molecule has 0 bridgehead atoms. The van der Waals surface area contributed by atoms with E-state index in [9.17, 15) is 14.4 Å². The van der Waals surface area contributed by atoms with Crippen LogP contribution < -0.4 is 16.2 Å². The molecule has 3 amide bonds. The lowest BCUT2D eigenvalue weighted by Crippen LogP contribution is -2.52. The summed E-state index contributed by atoms with van der Waals surface area (Å²) in [5.74, 6) is -0.435. The van der Waals surface area contributed by atoms with Gasteiger partial charge in [-0.3, -0.25) is 25.2 Å². The summed E-state index contributed by atoms with van der Waals surface area (Å²) in [5.41, 5.74) is 6.43. The van der Waals surface area contributed by atoms with Crippen molar-refractivity contribution >= 4 is 40.8 Å². The lowest BCUT2D eigenvalue weighted by Gasteiger charge is -2.18. The Morgan fingerprint density at radius 1 is 1.11 bits per heavy atom. The van der Waals surface area contributed by atoms with Gasteiger partial charge in [0.25, 0.3) is 17.7 Å². The van der Waals surface area contributed by atoms with Gasteiger partial charge in [-0.15, -0.1) is 11.3 Å². The number of benzene rings is 1. The molecule has 8 heteroatoms. The minimum Gasteiger partial charge on any atom is -0.340 e. The molecule has 1 heterocycles. The Bertz CT molecular complexity index is 821. The van der Waals surface area contributed by atoms with Crippen LogP contribution >= 0.6 is 23.1 Å². The Kier molecular flexibility index (Phi) is 8.53. The highest BCUT2D eigenvalue weighted by molar-refractivity contribution is 7.98. The molecule has 0 radical (unpaired) electrons. The zero-order chi connectivity index (χ0) is 20.5. The van der Waals surface area contributed by atoms with E-state index < -0.39 is 11.9 Å². The maximum absolute atomic E-state index is 12.5. The lowest BCUT2D eigenvalue weighted by atomic mass is 10.1. The number of carbonyl (C=O) groups excluding carboxylic acids is 3. The molecule has 1 aromatic heterocycles. The van der Waals surface area contributed by atoms with Gasteiger partial charge in [0.2, 0.25) is 0 Å². The van der Waals surface area contributed by atoms with E-state index in [2.05, 4.69) is 16.2 Å². The van der Waals surface area contributed by atoms with Crippen molar-refractivity contribution in [3.05, 3.63) is 57.3 Å². The van der Waals surface area contributed by atoms with E-state index in [1.165, 1.54) is 11.3 Å². The molecule has 0 aliphatic rings. The van der Waals surface area contributed by atoms with Crippen molar-refractivity contribution in [2.45, 2.75) is 32.7 Å². The number of thiophene rings is 1. The fraction of sp³-hybridized carbons (Fsp3) is 0.350. The van der Waals surface area contributed by atoms with Gasteiger partial charge in [0, 0.05) is 10.4 Å². The molecule has 0 unspecified atom stereocenters. The Morgan fingerprint density at radius 3 is 2.43 bits per heavy atom. The van der Waals surface area contributed by atoms with Gasteiger partial charge in [-0.25, -0.2) is 0 Å². The van der Waals surface area contributed by atoms with E-state index in [-0.39, 0.29) is 11.8 Å². The molecule has 0 aliphatic heterocycles. The molecule has 1 atom stereocenters. The zero-order valence-corrected chi connectivity index (χ0v) is 17.8. The van der Waals surface area contributed by atoms with Crippen molar-refractivity contribution in [2.24, 2.45) is 0 Å². The first-order valence-electron chi connectivity index (χ1n) is 9.00. The van der Waals surface area contributed by atoms with Gasteiger partial charge in [0.15, 0.2) is 0 Å². The molecule has 1 aromatic carbocycles. The first kappa shape index (κ1) is 22.0. The van der Waals surface area contributed by atoms with Crippen molar-refractivity contribution in [1.29, 1.82) is 0 Å². The number of carbonyl (C=O) groups is 3. The number of rotatable bonds is 8. The Labute approximate surface area is 173 Å². The highest BCUT2D eigenvalue weighted by Crippen LogP contribution is 2.22. The maximum Gasteiger partial charge on any atom is 0.279 e. The lowest BCUT2D eigenvalue weighted by molar-refractivity contribution is -0.123. The summed E-state index contributed by atoms with van der Waals surface area (Å²) >= 11 is 2.99. The van der Waals surface area contributed by atoms with E-state index in [4.69, 9.17) is 0 Å². The molecule has 6 nitrogen and oxygen atoms in total. The molecule has 0 spiro atoms. The number of aryl methyl sites for hydroxylation is 2. The minimum absolute atomic E-state index is 0.324. The number of thioether (sulfide) groups is 1. The molecule has 2 aromatic rings. The normalized spacial score (nSPS) is 11.5. The SMILES string of the molecule is CCc1sc(C(=O)NNC(=O)[C@H](CCSC)NC(=O)c2ccccc2)cc1C. The van der Waals surface area contributed by atoms with Gasteiger partial charge in [-0.2, -0.15) is 11.8 Å². The van der Waals surface area contributed by atoms with Crippen LogP contribution in [0.1, 0.15) is 43.8 Å². The van der Waals surface area contributed by atoms with Crippen molar-refractivity contribution in [3.8, 4) is 0 Å². The predicted octanol–water partition coefficient (Wildman–Crippen LogP) is 2.93. The number of nitrogens with one attached hydrogen (secondary N) is 3. The maximum atomic E-state index is 12.5. The van der Waals surface area contributed by atoms with Gasteiger partial charge in [0.1, 0.15) is 6.04 Å². The predicted molar refractivity (Wildman–Crippen MR) is 115 cm³/mol. The highest BCUT2D eigenvalue weighted by atomic mass is 32.2. The third-order valence-corrected chi connectivity index (χ3v) is 6.16. The largest absolute Gasteiger partial charge is 0.340 e. The third-order valence-electron chi connectivity index (χ3n) is 4.13. The van der Waals surface area contributed by atoms with E-state index in [1.54, 1.807) is 36.0 Å². The number of hydrogen-bond donors (Lipinski definition) is 3. The summed E-state index contributed by atoms with van der Waals surface area (Å²) < 4.78 is 0. The second kappa shape index (κ2) is 10.9. The smallest absolute Gasteiger partial charge is 0.279 e. The Balaban J connectivity index is 1.97. The van der Waals surface area contributed by atoms with Gasteiger partial charge in [-0.05, 0) is 55.5 Å². The fourth-order valence-electron chi connectivity index (χ4n) is 2.59. The Hall–Kier alpha value is -2.32. The van der Waals surface area contributed by atoms with Crippen LogP contribution in [0.4, 0.5) is 0 Å². The van der Waals surface area contributed by atoms with Crippen LogP contribution in [0.2, 0.25) is 0 Å². The van der Waals surface area contributed by atoms with E-state index in [1.807, 2.05) is 32.2 Å². The molecule has 150 valence electrons. The van der Waals surface area contributed by atoms with Crippen LogP contribution in [0.25, 0.3) is 0 Å². The summed E-state index contributed by atoms with van der Waals surface area (Å²) in [7, 11) is 0. The molecule has 3 N–H and O–H groups in total. The van der Waals surface area contributed by atoms with E-state index in [0.29, 0.717) is 22.6 Å². The van der Waals surface area contributed by atoms with Gasteiger partial charge in [0.05, 0.1) is 4.88 Å². The van der Waals surface area contributed by atoms with Crippen LogP contribution in [0.5, 0.6) is 0 Å². The second-order valence-electron chi connectivity index (χ2n) is 6.19. The fourth-order valence-corrected chi connectivity index (χ4v) is 4.07. The van der Waals surface area contributed by atoms with Crippen molar-refractivity contribution in [1.82, 2.24) is 16.2 Å². The summed E-state index contributed by atoms with van der Waals surface area (Å²) in [6.45, 7) is 4.00. The molecule has 0 saturated heterocycles. The molecular formula is C20H25N3O3S2. The summed E-state index contributed by atoms with van der Waals surface area (Å²) in [4.78, 5) is 38.9. The van der Waals surface area contributed by atoms with Crippen molar-refractivity contribution < 1.29 is 14.4 Å². The van der Waals surface area contributed by atoms with Crippen LogP contribution in [0.3, 0.4) is 0 Å². The molecule has 0 aliphatic carbocycles. The summed E-state index contributed by atoms with van der Waals surface area (Å²) in [5, 5.41) is 2.74. The first-order chi connectivity index (χ1) is 13.5. The van der Waals surface area contributed by atoms with Crippen molar-refractivity contribution in [3.63, 3.8) is 0 Å². The number of amides is 3. The van der Waals surface area contributed by atoms with Gasteiger partial charge in [-0.1, -0.05) is 25.1 Å². The highest BCUT2D eigenvalue weighted by Gasteiger charge is 2.22.